The van der Waals surface area contributed by atoms with Gasteiger partial charge in [0.2, 0.25) is 5.91 Å². The fraction of sp³-hybridized carbons (Fsp3) is 0.500. The highest BCUT2D eigenvalue weighted by Gasteiger charge is 2.26. The molecule has 0 bridgehead atoms. The summed E-state index contributed by atoms with van der Waals surface area (Å²) in [6.45, 7) is 3.26. The van der Waals surface area contributed by atoms with Crippen LogP contribution in [0.25, 0.3) is 0 Å². The van der Waals surface area contributed by atoms with Gasteiger partial charge in [0.05, 0.1) is 13.1 Å². The highest BCUT2D eigenvalue weighted by atomic mass is 16.4. The lowest BCUT2D eigenvalue weighted by atomic mass is 10.1. The molecule has 0 heterocycles. The molecule has 0 saturated heterocycles. The number of aliphatic carboxylic acids is 1. The molecule has 21 heavy (non-hydrogen) atoms. The van der Waals surface area contributed by atoms with Crippen molar-refractivity contribution in [2.75, 3.05) is 19.6 Å². The molecule has 5 nitrogen and oxygen atoms in total. The van der Waals surface area contributed by atoms with Crippen molar-refractivity contribution in [2.45, 2.75) is 26.3 Å². The van der Waals surface area contributed by atoms with Gasteiger partial charge in [-0.2, -0.15) is 0 Å². The Bertz CT molecular complexity index is 495. The van der Waals surface area contributed by atoms with Crippen LogP contribution in [0.5, 0.6) is 0 Å². The predicted octanol–water partition coefficient (Wildman–Crippen LogP) is 1.41. The number of hydrogen-bond acceptors (Lipinski definition) is 3. The van der Waals surface area contributed by atoms with Crippen LogP contribution in [0.3, 0.4) is 0 Å². The number of benzene rings is 1. The minimum Gasteiger partial charge on any atom is -0.480 e. The van der Waals surface area contributed by atoms with Gasteiger partial charge in [-0.3, -0.25) is 14.5 Å². The first kappa shape index (κ1) is 15.5. The van der Waals surface area contributed by atoms with Crippen LogP contribution in [-0.4, -0.2) is 41.5 Å². The average Bonchev–Trinajstić information content (AvgIpc) is 3.21. The Morgan fingerprint density at radius 3 is 2.48 bits per heavy atom. The zero-order chi connectivity index (χ0) is 15.2. The van der Waals surface area contributed by atoms with Crippen LogP contribution in [-0.2, 0) is 16.1 Å². The molecule has 1 aliphatic carbocycles. The second-order valence-corrected chi connectivity index (χ2v) is 5.77. The third-order valence-electron chi connectivity index (χ3n) is 3.55. The maximum absolute atomic E-state index is 11.9. The third-order valence-corrected chi connectivity index (χ3v) is 3.55. The predicted molar refractivity (Wildman–Crippen MR) is 79.8 cm³/mol. The van der Waals surface area contributed by atoms with Crippen molar-refractivity contribution < 1.29 is 14.7 Å². The lowest BCUT2D eigenvalue weighted by Crippen LogP contribution is -2.40. The van der Waals surface area contributed by atoms with Crippen molar-refractivity contribution in [2.24, 2.45) is 5.92 Å². The van der Waals surface area contributed by atoms with Crippen molar-refractivity contribution in [3.8, 4) is 0 Å². The van der Waals surface area contributed by atoms with Crippen molar-refractivity contribution >= 4 is 11.9 Å². The maximum Gasteiger partial charge on any atom is 0.317 e. The molecule has 0 radical (unpaired) electrons. The summed E-state index contributed by atoms with van der Waals surface area (Å²) in [7, 11) is 0. The van der Waals surface area contributed by atoms with E-state index in [-0.39, 0.29) is 19.0 Å². The number of nitrogens with one attached hydrogen (secondary N) is 1. The first-order valence-electron chi connectivity index (χ1n) is 7.29. The van der Waals surface area contributed by atoms with E-state index in [1.165, 1.54) is 5.56 Å². The number of rotatable bonds is 8. The topological polar surface area (TPSA) is 69.6 Å². The molecule has 114 valence electrons. The molecule has 0 aromatic heterocycles. The Hall–Kier alpha value is -1.88. The Morgan fingerprint density at radius 1 is 1.24 bits per heavy atom. The van der Waals surface area contributed by atoms with Gasteiger partial charge in [0.15, 0.2) is 0 Å². The molecule has 0 aliphatic heterocycles. The van der Waals surface area contributed by atoms with Crippen LogP contribution in [0.1, 0.15) is 24.0 Å². The highest BCUT2D eigenvalue weighted by Crippen LogP contribution is 2.29. The normalized spacial score (nSPS) is 14.2. The molecule has 1 aliphatic rings. The molecule has 0 spiro atoms. The van der Waals surface area contributed by atoms with Crippen LogP contribution >= 0.6 is 0 Å². The van der Waals surface area contributed by atoms with E-state index in [2.05, 4.69) is 5.32 Å². The second kappa shape index (κ2) is 7.22. The van der Waals surface area contributed by atoms with E-state index in [1.807, 2.05) is 31.2 Å². The van der Waals surface area contributed by atoms with Gasteiger partial charge >= 0.3 is 5.97 Å². The average molecular weight is 290 g/mol. The summed E-state index contributed by atoms with van der Waals surface area (Å²) in [5.41, 5.74) is 2.23. The first-order valence-corrected chi connectivity index (χ1v) is 7.29. The SMILES string of the molecule is Cc1ccc(CNC(=O)CN(CC(=O)O)CC2CC2)cc1. The van der Waals surface area contributed by atoms with E-state index >= 15 is 0 Å². The molecular weight excluding hydrogens is 268 g/mol. The van der Waals surface area contributed by atoms with Gasteiger partial charge in [0, 0.05) is 13.1 Å². The van der Waals surface area contributed by atoms with Gasteiger partial charge in [-0.05, 0) is 31.2 Å². The van der Waals surface area contributed by atoms with Crippen molar-refractivity contribution in [3.05, 3.63) is 35.4 Å². The number of amides is 1. The summed E-state index contributed by atoms with van der Waals surface area (Å²) < 4.78 is 0. The summed E-state index contributed by atoms with van der Waals surface area (Å²) in [4.78, 5) is 24.5. The molecule has 1 aromatic carbocycles. The number of carboxylic acid groups (broad SMARTS) is 1. The molecule has 0 atom stereocenters. The number of carbonyl (C=O) groups excluding carboxylic acids is 1. The lowest BCUT2D eigenvalue weighted by Gasteiger charge is -2.19. The minimum absolute atomic E-state index is 0.0749. The lowest BCUT2D eigenvalue weighted by molar-refractivity contribution is -0.138. The standard InChI is InChI=1S/C16H22N2O3/c1-12-2-4-13(5-3-12)8-17-15(19)10-18(11-16(20)21)9-14-6-7-14/h2-5,14H,6-11H2,1H3,(H,17,19)(H,20,21). The first-order chi connectivity index (χ1) is 10.0. The number of hydrogen-bond donors (Lipinski definition) is 2. The van der Waals surface area contributed by atoms with Crippen LogP contribution in [0.2, 0.25) is 0 Å². The second-order valence-electron chi connectivity index (χ2n) is 5.77. The molecule has 1 fully saturated rings. The minimum atomic E-state index is -0.887. The van der Waals surface area contributed by atoms with Gasteiger partial charge in [-0.25, -0.2) is 0 Å². The Kier molecular flexibility index (Phi) is 5.33. The molecule has 1 aromatic rings. The third kappa shape index (κ3) is 5.95. The molecule has 0 unspecified atom stereocenters. The van der Waals surface area contributed by atoms with E-state index in [9.17, 15) is 9.59 Å². The van der Waals surface area contributed by atoms with Gasteiger partial charge < -0.3 is 10.4 Å². The summed E-state index contributed by atoms with van der Waals surface area (Å²) in [5.74, 6) is -0.450. The molecule has 1 amide bonds. The van der Waals surface area contributed by atoms with Crippen LogP contribution < -0.4 is 5.32 Å². The molecule has 5 heteroatoms. The fourth-order valence-electron chi connectivity index (χ4n) is 2.21. The van der Waals surface area contributed by atoms with Crippen LogP contribution in [0, 0.1) is 12.8 Å². The summed E-state index contributed by atoms with van der Waals surface area (Å²) in [5, 5.41) is 11.7. The van der Waals surface area contributed by atoms with E-state index in [0.717, 1.165) is 18.4 Å². The van der Waals surface area contributed by atoms with Crippen LogP contribution in [0.15, 0.2) is 24.3 Å². The molecule has 2 rings (SSSR count). The van der Waals surface area contributed by atoms with Crippen molar-refractivity contribution in [1.82, 2.24) is 10.2 Å². The van der Waals surface area contributed by atoms with Gasteiger partial charge in [0.25, 0.3) is 0 Å². The smallest absolute Gasteiger partial charge is 0.317 e. The largest absolute Gasteiger partial charge is 0.480 e. The fourth-order valence-corrected chi connectivity index (χ4v) is 2.21. The van der Waals surface area contributed by atoms with E-state index in [1.54, 1.807) is 4.90 Å². The maximum atomic E-state index is 11.9. The Labute approximate surface area is 125 Å². The zero-order valence-corrected chi connectivity index (χ0v) is 12.3. The van der Waals surface area contributed by atoms with Gasteiger partial charge in [-0.1, -0.05) is 29.8 Å². The van der Waals surface area contributed by atoms with Crippen LogP contribution in [0.4, 0.5) is 0 Å². The van der Waals surface area contributed by atoms with Crippen molar-refractivity contribution in [3.63, 3.8) is 0 Å². The molecular formula is C16H22N2O3. The monoisotopic (exact) mass is 290 g/mol. The molecule has 1 saturated carbocycles. The number of carbonyl (C=O) groups is 2. The zero-order valence-electron chi connectivity index (χ0n) is 12.3. The molecule has 2 N–H and O–H groups in total. The van der Waals surface area contributed by atoms with Gasteiger partial charge in [0.1, 0.15) is 0 Å². The Balaban J connectivity index is 1.77. The summed E-state index contributed by atoms with van der Waals surface area (Å²) in [6.07, 6.45) is 2.28. The van der Waals surface area contributed by atoms with E-state index in [4.69, 9.17) is 5.11 Å². The number of nitrogens with zero attached hydrogens (tertiary/aromatic N) is 1. The quantitative estimate of drug-likeness (QED) is 0.759. The number of carboxylic acids is 1. The van der Waals surface area contributed by atoms with E-state index in [0.29, 0.717) is 19.0 Å². The summed E-state index contributed by atoms with van der Waals surface area (Å²) >= 11 is 0. The summed E-state index contributed by atoms with van der Waals surface area (Å²) in [6, 6.07) is 7.97. The highest BCUT2D eigenvalue weighted by molar-refractivity contribution is 5.79. The van der Waals surface area contributed by atoms with Crippen molar-refractivity contribution in [1.29, 1.82) is 0 Å². The van der Waals surface area contributed by atoms with Gasteiger partial charge in [-0.15, -0.1) is 0 Å². The van der Waals surface area contributed by atoms with E-state index < -0.39 is 5.97 Å². The number of aryl methyl sites for hydroxylation is 1. The Morgan fingerprint density at radius 2 is 1.90 bits per heavy atom.